The van der Waals surface area contributed by atoms with Gasteiger partial charge in [0.2, 0.25) is 5.60 Å². The Morgan fingerprint density at radius 3 is 2.28 bits per heavy atom. The number of benzene rings is 1. The summed E-state index contributed by atoms with van der Waals surface area (Å²) in [6.45, 7) is 1.97. The first-order valence-electron chi connectivity index (χ1n) is 14.1. The molecule has 1 saturated heterocycles. The van der Waals surface area contributed by atoms with Crippen molar-refractivity contribution < 1.29 is 58.8 Å². The van der Waals surface area contributed by atoms with Crippen LogP contribution in [-0.4, -0.2) is 118 Å². The molecule has 2 atom stereocenters. The van der Waals surface area contributed by atoms with Crippen molar-refractivity contribution in [1.29, 1.82) is 0 Å². The van der Waals surface area contributed by atoms with Gasteiger partial charge >= 0.3 is 17.9 Å². The quantitative estimate of drug-likeness (QED) is 0.0435. The molecule has 1 aromatic carbocycles. The predicted octanol–water partition coefficient (Wildman–Crippen LogP) is -0.381. The SMILES string of the molecule is COC(=O)c1nc2cc(O)c(O)cc2nc1C(=O)NCC1=C(C(=O)O)N2C(=O)C(NC(=O)/C(=N\OC(C)(C)C(=O)O)c3csc(N)n3)[C@@H]2SC1. The number of hydrogen-bond acceptors (Lipinski definition) is 17. The summed E-state index contributed by atoms with van der Waals surface area (Å²) in [5.41, 5.74) is 1.82. The van der Waals surface area contributed by atoms with Gasteiger partial charge < -0.3 is 46.4 Å². The molecule has 0 radical (unpaired) electrons. The number of fused-ring (bicyclic) bond motifs is 2. The lowest BCUT2D eigenvalue weighted by Crippen LogP contribution is -2.71. The Kier molecular flexibility index (Phi) is 9.50. The number of carbonyl (C=O) groups excluding carboxylic acids is 4. The summed E-state index contributed by atoms with van der Waals surface area (Å²) in [4.78, 5) is 94.2. The molecule has 1 fully saturated rings. The molecule has 0 aliphatic carbocycles. The summed E-state index contributed by atoms with van der Waals surface area (Å²) in [6, 6.07) is 0.813. The van der Waals surface area contributed by atoms with Crippen molar-refractivity contribution in [3.63, 3.8) is 0 Å². The van der Waals surface area contributed by atoms with Crippen molar-refractivity contribution in [3.8, 4) is 11.5 Å². The van der Waals surface area contributed by atoms with E-state index in [1.807, 2.05) is 0 Å². The molecular formula is C28H26N8O12S2. The minimum absolute atomic E-state index is 0.0252. The first-order chi connectivity index (χ1) is 23.5. The van der Waals surface area contributed by atoms with E-state index in [1.165, 1.54) is 19.2 Å². The van der Waals surface area contributed by atoms with Crippen LogP contribution in [0.5, 0.6) is 11.5 Å². The Morgan fingerprint density at radius 2 is 1.72 bits per heavy atom. The molecule has 262 valence electrons. The summed E-state index contributed by atoms with van der Waals surface area (Å²) in [5.74, 6) is -7.81. The van der Waals surface area contributed by atoms with Crippen molar-refractivity contribution in [1.82, 2.24) is 30.5 Å². The largest absolute Gasteiger partial charge is 0.504 e. The zero-order valence-corrected chi connectivity index (χ0v) is 27.6. The van der Waals surface area contributed by atoms with Gasteiger partial charge in [-0.15, -0.1) is 23.1 Å². The standard InChI is InChI=1S/C28H26N8O12S2/c1-28(2,26(45)46)48-35-15(12-8-50-27(29)33-12)21(40)34-18-22(41)36-19(24(42)43)9(7-49-23(18)36)6-30-20(39)16-17(25(44)47-3)32-11-5-14(38)13(37)4-10(11)31-16/h4-5,8,18,23,37-38H,6-7H2,1-3H3,(H2,29,33)(H,30,39)(H,34,40)(H,42,43)(H,45,46)/b35-15-/t18?,23-/m0/s1. The maximum Gasteiger partial charge on any atom is 0.359 e. The molecule has 0 bridgehead atoms. The van der Waals surface area contributed by atoms with Crippen molar-refractivity contribution >= 4 is 80.6 Å². The number of nitrogens with two attached hydrogens (primary N) is 1. The lowest BCUT2D eigenvalue weighted by atomic mass is 10.0. The van der Waals surface area contributed by atoms with E-state index in [-0.39, 0.29) is 33.2 Å². The van der Waals surface area contributed by atoms with Crippen LogP contribution >= 0.6 is 23.1 Å². The number of nitrogens with one attached hydrogen (secondary N) is 2. The van der Waals surface area contributed by atoms with Gasteiger partial charge in [-0.1, -0.05) is 5.16 Å². The van der Waals surface area contributed by atoms with Crippen molar-refractivity contribution in [2.45, 2.75) is 30.9 Å². The second-order valence-electron chi connectivity index (χ2n) is 11.0. The Bertz CT molecular complexity index is 2050. The van der Waals surface area contributed by atoms with Crippen LogP contribution in [0.15, 0.2) is 33.9 Å². The topological polar surface area (TPSA) is 306 Å². The summed E-state index contributed by atoms with van der Waals surface area (Å²) in [5, 5.41) is 48.2. The molecule has 2 aliphatic heterocycles. The van der Waals surface area contributed by atoms with Crippen molar-refractivity contribution in [3.05, 3.63) is 45.9 Å². The second-order valence-corrected chi connectivity index (χ2v) is 13.0. The number of aromatic hydroxyl groups is 2. The Balaban J connectivity index is 1.35. The Labute approximate surface area is 288 Å². The normalized spacial score (nSPS) is 17.5. The van der Waals surface area contributed by atoms with E-state index in [1.54, 1.807) is 0 Å². The van der Waals surface area contributed by atoms with Crippen LogP contribution in [0.4, 0.5) is 5.13 Å². The fraction of sp³-hybridized carbons (Fsp3) is 0.286. The van der Waals surface area contributed by atoms with E-state index < -0.39 is 93.5 Å². The minimum atomic E-state index is -1.84. The number of carboxylic acid groups (broad SMARTS) is 2. The van der Waals surface area contributed by atoms with E-state index in [0.29, 0.717) is 0 Å². The molecular weight excluding hydrogens is 704 g/mol. The average molecular weight is 731 g/mol. The van der Waals surface area contributed by atoms with Gasteiger partial charge in [0, 0.05) is 29.8 Å². The average Bonchev–Trinajstić information content (AvgIpc) is 3.50. The number of nitrogen functional groups attached to an aromatic ring is 1. The number of ether oxygens (including phenoxy) is 1. The van der Waals surface area contributed by atoms with E-state index in [0.717, 1.165) is 47.2 Å². The lowest BCUT2D eigenvalue weighted by molar-refractivity contribution is -0.161. The molecule has 0 spiro atoms. The fourth-order valence-electron chi connectivity index (χ4n) is 4.58. The number of phenols is 2. The van der Waals surface area contributed by atoms with E-state index in [4.69, 9.17) is 15.3 Å². The number of esters is 1. The number of oxime groups is 1. The highest BCUT2D eigenvalue weighted by atomic mass is 32.2. The Hall–Kier alpha value is -6.03. The van der Waals surface area contributed by atoms with Crippen LogP contribution in [0.1, 0.15) is 40.5 Å². The maximum atomic E-state index is 13.3. The Morgan fingerprint density at radius 1 is 1.08 bits per heavy atom. The van der Waals surface area contributed by atoms with Gasteiger partial charge in [-0.2, -0.15) is 0 Å². The number of thiazole rings is 1. The highest BCUT2D eigenvalue weighted by Crippen LogP contribution is 2.40. The van der Waals surface area contributed by atoms with Gasteiger partial charge in [-0.3, -0.25) is 19.3 Å². The smallest absolute Gasteiger partial charge is 0.359 e. The molecule has 2 aliphatic rings. The minimum Gasteiger partial charge on any atom is -0.504 e. The number of thioether (sulfide) groups is 1. The van der Waals surface area contributed by atoms with Crippen LogP contribution in [0.3, 0.4) is 0 Å². The number of rotatable bonds is 11. The summed E-state index contributed by atoms with van der Waals surface area (Å²) >= 11 is 2.04. The van der Waals surface area contributed by atoms with Gasteiger partial charge in [0.05, 0.1) is 18.1 Å². The van der Waals surface area contributed by atoms with Gasteiger partial charge in [0.25, 0.3) is 17.7 Å². The number of carbonyl (C=O) groups is 6. The van der Waals surface area contributed by atoms with Crippen LogP contribution in [0, 0.1) is 0 Å². The molecule has 2 aromatic heterocycles. The number of anilines is 1. The fourth-order valence-corrected chi connectivity index (χ4v) is 6.47. The first kappa shape index (κ1) is 35.3. The molecule has 3 amide bonds. The maximum absolute atomic E-state index is 13.3. The highest BCUT2D eigenvalue weighted by Gasteiger charge is 2.54. The van der Waals surface area contributed by atoms with Gasteiger partial charge in [-0.05, 0) is 19.4 Å². The highest BCUT2D eigenvalue weighted by molar-refractivity contribution is 8.00. The monoisotopic (exact) mass is 730 g/mol. The molecule has 1 unspecified atom stereocenters. The molecule has 4 heterocycles. The van der Waals surface area contributed by atoms with Crippen molar-refractivity contribution in [2.24, 2.45) is 5.16 Å². The molecule has 0 saturated carbocycles. The van der Waals surface area contributed by atoms with Gasteiger partial charge in [-0.25, -0.2) is 29.3 Å². The molecule has 8 N–H and O–H groups in total. The van der Waals surface area contributed by atoms with Crippen LogP contribution in [0.2, 0.25) is 0 Å². The number of methoxy groups -OCH3 is 1. The lowest BCUT2D eigenvalue weighted by Gasteiger charge is -2.49. The number of aliphatic carboxylic acids is 2. The number of nitrogens with zero attached hydrogens (tertiary/aromatic N) is 5. The second kappa shape index (κ2) is 13.5. The predicted molar refractivity (Wildman–Crippen MR) is 172 cm³/mol. The number of amides is 3. The van der Waals surface area contributed by atoms with Gasteiger partial charge in [0.1, 0.15) is 22.8 Å². The van der Waals surface area contributed by atoms with E-state index in [2.05, 4.69) is 30.7 Å². The summed E-state index contributed by atoms with van der Waals surface area (Å²) in [7, 11) is 1.04. The number of hydrogen-bond donors (Lipinski definition) is 7. The number of carboxylic acids is 2. The number of aromatic nitrogens is 3. The number of β-lactam (4-membered cyclic amide) rings is 1. The van der Waals surface area contributed by atoms with Crippen molar-refractivity contribution in [2.75, 3.05) is 25.1 Å². The third-order valence-electron chi connectivity index (χ3n) is 7.21. The van der Waals surface area contributed by atoms with E-state index in [9.17, 15) is 49.2 Å². The molecule has 5 rings (SSSR count). The van der Waals surface area contributed by atoms with Crippen LogP contribution < -0.4 is 16.4 Å². The summed E-state index contributed by atoms with van der Waals surface area (Å²) in [6.07, 6.45) is 0. The third-order valence-corrected chi connectivity index (χ3v) is 9.23. The molecule has 50 heavy (non-hydrogen) atoms. The molecule has 20 nitrogen and oxygen atoms in total. The third kappa shape index (κ3) is 6.64. The van der Waals surface area contributed by atoms with E-state index >= 15 is 0 Å². The zero-order valence-electron chi connectivity index (χ0n) is 26.0. The summed E-state index contributed by atoms with van der Waals surface area (Å²) < 4.78 is 4.69. The van der Waals surface area contributed by atoms with Crippen LogP contribution in [0.25, 0.3) is 11.0 Å². The van der Waals surface area contributed by atoms with Crippen LogP contribution in [-0.2, 0) is 28.8 Å². The number of phenolic OH excluding ortho intramolecular Hbond substituents is 2. The first-order valence-corrected chi connectivity index (χ1v) is 16.0. The van der Waals surface area contributed by atoms with Gasteiger partial charge in [0.15, 0.2) is 33.7 Å². The zero-order chi connectivity index (χ0) is 36.7. The molecule has 22 heteroatoms. The molecule has 3 aromatic rings.